The minimum absolute atomic E-state index is 0.146. The summed E-state index contributed by atoms with van der Waals surface area (Å²) in [6, 6.07) is 4.90. The number of aliphatic hydroxyl groups excluding tert-OH is 2. The van der Waals surface area contributed by atoms with Gasteiger partial charge < -0.3 is 21.3 Å². The van der Waals surface area contributed by atoms with Gasteiger partial charge in [0.25, 0.3) is 0 Å². The first-order chi connectivity index (χ1) is 7.21. The predicted molar refractivity (Wildman–Crippen MR) is 60.9 cm³/mol. The molecule has 0 atom stereocenters. The maximum atomic E-state index is 8.93. The molecule has 1 aromatic rings. The summed E-state index contributed by atoms with van der Waals surface area (Å²) in [5.74, 6) is 0. The van der Waals surface area contributed by atoms with Gasteiger partial charge in [-0.05, 0) is 17.7 Å². The summed E-state index contributed by atoms with van der Waals surface area (Å²) in [7, 11) is 0. The topological polar surface area (TPSA) is 78.5 Å². The molecule has 0 heterocycles. The van der Waals surface area contributed by atoms with Crippen molar-refractivity contribution in [3.8, 4) is 0 Å². The highest BCUT2D eigenvalue weighted by Gasteiger charge is 2.08. The third kappa shape index (κ3) is 3.35. The van der Waals surface area contributed by atoms with E-state index < -0.39 is 6.04 Å². The van der Waals surface area contributed by atoms with Crippen LogP contribution in [0.25, 0.3) is 0 Å². The zero-order valence-corrected chi connectivity index (χ0v) is 9.04. The lowest BCUT2D eigenvalue weighted by Crippen LogP contribution is -2.28. The second-order valence-electron chi connectivity index (χ2n) is 3.21. The first-order valence-corrected chi connectivity index (χ1v) is 5.05. The number of rotatable bonds is 5. The molecule has 5 N–H and O–H groups in total. The Morgan fingerprint density at radius 3 is 2.53 bits per heavy atom. The van der Waals surface area contributed by atoms with Gasteiger partial charge in [0, 0.05) is 17.3 Å². The van der Waals surface area contributed by atoms with E-state index in [-0.39, 0.29) is 13.2 Å². The number of anilines is 1. The van der Waals surface area contributed by atoms with E-state index in [1.165, 1.54) is 0 Å². The summed E-state index contributed by atoms with van der Waals surface area (Å²) in [6.07, 6.45) is 0. The molecule has 1 aromatic carbocycles. The van der Waals surface area contributed by atoms with Gasteiger partial charge in [0.1, 0.15) is 0 Å². The Morgan fingerprint density at radius 1 is 1.33 bits per heavy atom. The lowest BCUT2D eigenvalue weighted by molar-refractivity contribution is 0.204. The minimum atomic E-state index is -0.395. The van der Waals surface area contributed by atoms with Crippen molar-refractivity contribution in [2.45, 2.75) is 12.6 Å². The van der Waals surface area contributed by atoms with Crippen LogP contribution in [0.4, 0.5) is 5.69 Å². The van der Waals surface area contributed by atoms with Crippen molar-refractivity contribution in [1.29, 1.82) is 0 Å². The summed E-state index contributed by atoms with van der Waals surface area (Å²) in [5.41, 5.74) is 7.19. The average molecular weight is 231 g/mol. The Labute approximate surface area is 93.7 Å². The van der Waals surface area contributed by atoms with Gasteiger partial charge in [0.15, 0.2) is 0 Å². The zero-order valence-electron chi connectivity index (χ0n) is 8.28. The van der Waals surface area contributed by atoms with Gasteiger partial charge >= 0.3 is 0 Å². The average Bonchev–Trinajstić information content (AvgIpc) is 2.26. The van der Waals surface area contributed by atoms with Crippen LogP contribution in [-0.2, 0) is 6.54 Å². The first-order valence-electron chi connectivity index (χ1n) is 4.68. The number of halogens is 1. The van der Waals surface area contributed by atoms with Gasteiger partial charge in [-0.25, -0.2) is 0 Å². The zero-order chi connectivity index (χ0) is 11.3. The van der Waals surface area contributed by atoms with Crippen LogP contribution in [0.3, 0.4) is 0 Å². The third-order valence-electron chi connectivity index (χ3n) is 2.09. The summed E-state index contributed by atoms with van der Waals surface area (Å²) in [5, 5.41) is 21.4. The van der Waals surface area contributed by atoms with Crippen LogP contribution in [0.2, 0.25) is 5.02 Å². The standard InChI is InChI=1S/C10H15ClN2O2/c11-8-2-1-7(4-12)10(3-8)13-9(5-14)6-15/h1-3,9,13-15H,4-6,12H2. The van der Waals surface area contributed by atoms with Gasteiger partial charge in [-0.1, -0.05) is 17.7 Å². The van der Waals surface area contributed by atoms with Gasteiger partial charge in [0.2, 0.25) is 0 Å². The minimum Gasteiger partial charge on any atom is -0.394 e. The van der Waals surface area contributed by atoms with Crippen molar-refractivity contribution in [1.82, 2.24) is 0 Å². The molecule has 84 valence electrons. The quantitative estimate of drug-likeness (QED) is 0.596. The smallest absolute Gasteiger partial charge is 0.0723 e. The summed E-state index contributed by atoms with van der Waals surface area (Å²) < 4.78 is 0. The second kappa shape index (κ2) is 5.92. The van der Waals surface area contributed by atoms with Crippen LogP contribution in [0.1, 0.15) is 5.56 Å². The molecular weight excluding hydrogens is 216 g/mol. The predicted octanol–water partition coefficient (Wildman–Crippen LogP) is 0.564. The Morgan fingerprint density at radius 2 is 2.00 bits per heavy atom. The molecule has 0 fully saturated rings. The van der Waals surface area contributed by atoms with Gasteiger partial charge in [0.05, 0.1) is 19.3 Å². The van der Waals surface area contributed by atoms with E-state index in [1.54, 1.807) is 12.1 Å². The highest BCUT2D eigenvalue weighted by molar-refractivity contribution is 6.30. The molecule has 0 unspecified atom stereocenters. The summed E-state index contributed by atoms with van der Waals surface area (Å²) >= 11 is 5.84. The van der Waals surface area contributed by atoms with Crippen LogP contribution in [0.5, 0.6) is 0 Å². The number of aliphatic hydroxyl groups is 2. The molecule has 15 heavy (non-hydrogen) atoms. The molecule has 1 rings (SSSR count). The Balaban J connectivity index is 2.86. The van der Waals surface area contributed by atoms with Crippen LogP contribution in [0.15, 0.2) is 18.2 Å². The van der Waals surface area contributed by atoms with Crippen molar-refractivity contribution >= 4 is 17.3 Å². The maximum absolute atomic E-state index is 8.93. The molecule has 0 aliphatic rings. The molecule has 0 aromatic heterocycles. The number of benzene rings is 1. The third-order valence-corrected chi connectivity index (χ3v) is 2.33. The van der Waals surface area contributed by atoms with E-state index in [1.807, 2.05) is 6.07 Å². The lowest BCUT2D eigenvalue weighted by Gasteiger charge is -2.17. The summed E-state index contributed by atoms with van der Waals surface area (Å²) in [6.45, 7) is 0.0864. The summed E-state index contributed by atoms with van der Waals surface area (Å²) in [4.78, 5) is 0. The monoisotopic (exact) mass is 230 g/mol. The molecule has 0 saturated carbocycles. The van der Waals surface area contributed by atoms with E-state index in [0.717, 1.165) is 11.3 Å². The van der Waals surface area contributed by atoms with Crippen molar-refractivity contribution in [3.05, 3.63) is 28.8 Å². The number of hydrogen-bond donors (Lipinski definition) is 4. The SMILES string of the molecule is NCc1ccc(Cl)cc1NC(CO)CO. The van der Waals surface area contributed by atoms with E-state index in [0.29, 0.717) is 11.6 Å². The molecular formula is C10H15ClN2O2. The Bertz CT molecular complexity index is 316. The number of nitrogens with two attached hydrogens (primary N) is 1. The highest BCUT2D eigenvalue weighted by atomic mass is 35.5. The molecule has 0 bridgehead atoms. The second-order valence-corrected chi connectivity index (χ2v) is 3.65. The lowest BCUT2D eigenvalue weighted by atomic mass is 10.1. The highest BCUT2D eigenvalue weighted by Crippen LogP contribution is 2.21. The van der Waals surface area contributed by atoms with E-state index in [2.05, 4.69) is 5.32 Å². The van der Waals surface area contributed by atoms with Crippen molar-refractivity contribution in [2.24, 2.45) is 5.73 Å². The Hall–Kier alpha value is -0.810. The van der Waals surface area contributed by atoms with Gasteiger partial charge in [-0.15, -0.1) is 0 Å². The van der Waals surface area contributed by atoms with Crippen LogP contribution < -0.4 is 11.1 Å². The number of hydrogen-bond acceptors (Lipinski definition) is 4. The largest absolute Gasteiger partial charge is 0.394 e. The molecule has 5 heteroatoms. The van der Waals surface area contributed by atoms with Crippen molar-refractivity contribution < 1.29 is 10.2 Å². The molecule has 0 aliphatic heterocycles. The van der Waals surface area contributed by atoms with Crippen LogP contribution >= 0.6 is 11.6 Å². The van der Waals surface area contributed by atoms with Crippen LogP contribution in [0, 0.1) is 0 Å². The fourth-order valence-electron chi connectivity index (χ4n) is 1.23. The Kier molecular flexibility index (Phi) is 4.84. The normalized spacial score (nSPS) is 10.7. The van der Waals surface area contributed by atoms with E-state index in [4.69, 9.17) is 27.5 Å². The van der Waals surface area contributed by atoms with Gasteiger partial charge in [-0.2, -0.15) is 0 Å². The van der Waals surface area contributed by atoms with E-state index in [9.17, 15) is 0 Å². The fourth-order valence-corrected chi connectivity index (χ4v) is 1.40. The molecule has 0 radical (unpaired) electrons. The fraction of sp³-hybridized carbons (Fsp3) is 0.400. The maximum Gasteiger partial charge on any atom is 0.0723 e. The molecule has 0 spiro atoms. The molecule has 0 saturated heterocycles. The molecule has 0 amide bonds. The van der Waals surface area contributed by atoms with Crippen molar-refractivity contribution in [3.63, 3.8) is 0 Å². The first kappa shape index (κ1) is 12.3. The van der Waals surface area contributed by atoms with E-state index >= 15 is 0 Å². The molecule has 4 nitrogen and oxygen atoms in total. The number of nitrogens with one attached hydrogen (secondary N) is 1. The van der Waals surface area contributed by atoms with Gasteiger partial charge in [-0.3, -0.25) is 0 Å². The van der Waals surface area contributed by atoms with Crippen molar-refractivity contribution in [2.75, 3.05) is 18.5 Å². The van der Waals surface area contributed by atoms with Crippen LogP contribution in [-0.4, -0.2) is 29.5 Å². The molecule has 0 aliphatic carbocycles.